The van der Waals surface area contributed by atoms with Crippen molar-refractivity contribution in [2.45, 2.75) is 6.54 Å². The number of rotatable bonds is 4. The number of amides is 2. The van der Waals surface area contributed by atoms with Crippen LogP contribution in [-0.4, -0.2) is 26.2 Å². The topological polar surface area (TPSA) is 76.3 Å². The molecule has 2 heterocycles. The third-order valence-corrected chi connectivity index (χ3v) is 4.99. The summed E-state index contributed by atoms with van der Waals surface area (Å²) in [5.41, 5.74) is 1.58. The molecule has 6 nitrogen and oxygen atoms in total. The van der Waals surface area contributed by atoms with Gasteiger partial charge in [0.1, 0.15) is 6.54 Å². The predicted octanol–water partition coefficient (Wildman–Crippen LogP) is 4.63. The number of hydrogen-bond donors (Lipinski definition) is 0. The maximum atomic E-state index is 12.6. The van der Waals surface area contributed by atoms with E-state index in [1.807, 2.05) is 30.3 Å². The maximum Gasteiger partial charge on any atom is 0.294 e. The lowest BCUT2D eigenvalue weighted by Gasteiger charge is -2.08. The molecular formula is C19H12ClN3O3S. The zero-order valence-corrected chi connectivity index (χ0v) is 15.4. The summed E-state index contributed by atoms with van der Waals surface area (Å²) in [5, 5.41) is 4.13. The average molecular weight is 398 g/mol. The Labute approximate surface area is 163 Å². The standard InChI is InChI=1S/C19H12ClN3O3S/c20-14-8-6-12(7-9-14)10-15-18(24)23(19(25)27-15)11-16-21-17(22-26-16)13-4-2-1-3-5-13/h1-10H,11H2. The van der Waals surface area contributed by atoms with Crippen molar-refractivity contribution in [2.24, 2.45) is 0 Å². The minimum absolute atomic E-state index is 0.0670. The molecule has 1 saturated heterocycles. The Bertz CT molecular complexity index is 1030. The van der Waals surface area contributed by atoms with Crippen LogP contribution in [-0.2, 0) is 11.3 Å². The van der Waals surface area contributed by atoms with Gasteiger partial charge in [-0.15, -0.1) is 0 Å². The Hall–Kier alpha value is -2.90. The first-order valence-corrected chi connectivity index (χ1v) is 9.18. The van der Waals surface area contributed by atoms with Crippen molar-refractivity contribution in [3.63, 3.8) is 0 Å². The lowest BCUT2D eigenvalue weighted by molar-refractivity contribution is -0.123. The zero-order valence-electron chi connectivity index (χ0n) is 13.8. The van der Waals surface area contributed by atoms with Crippen LogP contribution in [0, 0.1) is 0 Å². The van der Waals surface area contributed by atoms with E-state index in [2.05, 4.69) is 10.1 Å². The van der Waals surface area contributed by atoms with Gasteiger partial charge < -0.3 is 4.52 Å². The fraction of sp³-hybridized carbons (Fsp3) is 0.0526. The second-order valence-corrected chi connectivity index (χ2v) is 7.13. The smallest absolute Gasteiger partial charge is 0.294 e. The number of carbonyl (C=O) groups excluding carboxylic acids is 2. The zero-order chi connectivity index (χ0) is 18.8. The van der Waals surface area contributed by atoms with E-state index < -0.39 is 0 Å². The van der Waals surface area contributed by atoms with Crippen molar-refractivity contribution in [2.75, 3.05) is 0 Å². The van der Waals surface area contributed by atoms with E-state index in [1.54, 1.807) is 30.3 Å². The van der Waals surface area contributed by atoms with Crippen LogP contribution in [0.1, 0.15) is 11.5 Å². The summed E-state index contributed by atoms with van der Waals surface area (Å²) in [4.78, 5) is 30.5. The fourth-order valence-corrected chi connectivity index (χ4v) is 3.47. The van der Waals surface area contributed by atoms with Gasteiger partial charge in [-0.3, -0.25) is 14.5 Å². The number of imide groups is 1. The maximum absolute atomic E-state index is 12.6. The highest BCUT2D eigenvalue weighted by molar-refractivity contribution is 8.18. The molecule has 2 amide bonds. The summed E-state index contributed by atoms with van der Waals surface area (Å²) in [5.74, 6) is 0.220. The van der Waals surface area contributed by atoms with E-state index in [0.717, 1.165) is 27.8 Å². The molecule has 134 valence electrons. The molecule has 1 aliphatic rings. The molecular weight excluding hydrogens is 386 g/mol. The minimum atomic E-state index is -0.389. The first kappa shape index (κ1) is 17.5. The van der Waals surface area contributed by atoms with Gasteiger partial charge in [0.25, 0.3) is 11.1 Å². The normalized spacial score (nSPS) is 15.7. The largest absolute Gasteiger partial charge is 0.337 e. The number of benzene rings is 2. The molecule has 0 saturated carbocycles. The SMILES string of the molecule is O=C1SC(=Cc2ccc(Cl)cc2)C(=O)N1Cc1nc(-c2ccccc2)no1. The lowest BCUT2D eigenvalue weighted by atomic mass is 10.2. The molecule has 0 atom stereocenters. The van der Waals surface area contributed by atoms with Gasteiger partial charge in [0.2, 0.25) is 11.7 Å². The average Bonchev–Trinajstić information content (AvgIpc) is 3.25. The van der Waals surface area contributed by atoms with Crippen molar-refractivity contribution >= 4 is 40.6 Å². The second kappa shape index (κ2) is 7.38. The van der Waals surface area contributed by atoms with E-state index in [9.17, 15) is 9.59 Å². The quantitative estimate of drug-likeness (QED) is 0.597. The molecule has 1 aromatic heterocycles. The van der Waals surface area contributed by atoms with Gasteiger partial charge in [-0.05, 0) is 35.5 Å². The minimum Gasteiger partial charge on any atom is -0.337 e. The van der Waals surface area contributed by atoms with Gasteiger partial charge in [0, 0.05) is 10.6 Å². The lowest BCUT2D eigenvalue weighted by Crippen LogP contribution is -2.27. The van der Waals surface area contributed by atoms with Gasteiger partial charge in [-0.2, -0.15) is 4.98 Å². The van der Waals surface area contributed by atoms with Crippen LogP contribution in [0.15, 0.2) is 64.0 Å². The number of carbonyl (C=O) groups is 2. The molecule has 2 aromatic carbocycles. The summed E-state index contributed by atoms with van der Waals surface area (Å²) in [7, 11) is 0. The number of hydrogen-bond acceptors (Lipinski definition) is 6. The summed E-state index contributed by atoms with van der Waals surface area (Å²) in [6.45, 7) is -0.0670. The van der Waals surface area contributed by atoms with Crippen molar-refractivity contribution in [1.29, 1.82) is 0 Å². The molecule has 8 heteroatoms. The number of aromatic nitrogens is 2. The van der Waals surface area contributed by atoms with E-state index in [4.69, 9.17) is 16.1 Å². The molecule has 0 spiro atoms. The number of nitrogens with zero attached hydrogens (tertiary/aromatic N) is 3. The highest BCUT2D eigenvalue weighted by atomic mass is 35.5. The summed E-state index contributed by atoms with van der Waals surface area (Å²) >= 11 is 6.74. The van der Waals surface area contributed by atoms with Gasteiger partial charge in [-0.1, -0.05) is 59.2 Å². The Morgan fingerprint density at radius 2 is 1.81 bits per heavy atom. The van der Waals surface area contributed by atoms with Crippen LogP contribution < -0.4 is 0 Å². The number of halogens is 1. The molecule has 0 unspecified atom stereocenters. The fourth-order valence-electron chi connectivity index (χ4n) is 2.51. The molecule has 0 aliphatic carbocycles. The van der Waals surface area contributed by atoms with Gasteiger partial charge in [0.15, 0.2) is 0 Å². The van der Waals surface area contributed by atoms with Crippen molar-refractivity contribution in [3.05, 3.63) is 76.0 Å². The third kappa shape index (κ3) is 3.79. The van der Waals surface area contributed by atoms with E-state index in [-0.39, 0.29) is 23.6 Å². The molecule has 4 rings (SSSR count). The summed E-state index contributed by atoms with van der Waals surface area (Å²) < 4.78 is 5.19. The highest BCUT2D eigenvalue weighted by Crippen LogP contribution is 2.33. The van der Waals surface area contributed by atoms with Gasteiger partial charge >= 0.3 is 0 Å². The summed E-state index contributed by atoms with van der Waals surface area (Å²) in [6, 6.07) is 16.3. The van der Waals surface area contributed by atoms with Crippen LogP contribution in [0.25, 0.3) is 17.5 Å². The monoisotopic (exact) mass is 397 g/mol. The molecule has 1 aliphatic heterocycles. The number of thioether (sulfide) groups is 1. The Balaban J connectivity index is 1.51. The van der Waals surface area contributed by atoms with Crippen molar-refractivity contribution in [1.82, 2.24) is 15.0 Å². The van der Waals surface area contributed by atoms with Crippen LogP contribution in [0.4, 0.5) is 4.79 Å². The molecule has 0 N–H and O–H groups in total. The van der Waals surface area contributed by atoms with Crippen LogP contribution in [0.5, 0.6) is 0 Å². The van der Waals surface area contributed by atoms with Crippen molar-refractivity contribution in [3.8, 4) is 11.4 Å². The Morgan fingerprint density at radius 1 is 1.07 bits per heavy atom. The van der Waals surface area contributed by atoms with Crippen LogP contribution >= 0.6 is 23.4 Å². The second-order valence-electron chi connectivity index (χ2n) is 5.70. The van der Waals surface area contributed by atoms with E-state index in [0.29, 0.717) is 15.8 Å². The van der Waals surface area contributed by atoms with Gasteiger partial charge in [0.05, 0.1) is 4.91 Å². The third-order valence-electron chi connectivity index (χ3n) is 3.83. The van der Waals surface area contributed by atoms with E-state index in [1.165, 1.54) is 0 Å². The summed E-state index contributed by atoms with van der Waals surface area (Å²) in [6.07, 6.45) is 1.66. The molecule has 3 aromatic rings. The molecule has 0 radical (unpaired) electrons. The molecule has 1 fully saturated rings. The van der Waals surface area contributed by atoms with Crippen molar-refractivity contribution < 1.29 is 14.1 Å². The Morgan fingerprint density at radius 3 is 2.56 bits per heavy atom. The predicted molar refractivity (Wildman–Crippen MR) is 103 cm³/mol. The van der Waals surface area contributed by atoms with Crippen LogP contribution in [0.3, 0.4) is 0 Å². The Kier molecular flexibility index (Phi) is 4.79. The first-order chi connectivity index (χ1) is 13.1. The van der Waals surface area contributed by atoms with Gasteiger partial charge in [-0.25, -0.2) is 0 Å². The molecule has 0 bridgehead atoms. The van der Waals surface area contributed by atoms with E-state index >= 15 is 0 Å². The highest BCUT2D eigenvalue weighted by Gasteiger charge is 2.36. The van der Waals surface area contributed by atoms with Crippen LogP contribution in [0.2, 0.25) is 5.02 Å². The molecule has 27 heavy (non-hydrogen) atoms. The first-order valence-electron chi connectivity index (χ1n) is 7.99.